The highest BCUT2D eigenvalue weighted by Crippen LogP contribution is 2.36. The lowest BCUT2D eigenvalue weighted by atomic mass is 9.99. The molecule has 1 atom stereocenters. The second-order valence-corrected chi connectivity index (χ2v) is 8.40. The lowest BCUT2D eigenvalue weighted by Crippen LogP contribution is -2.37. The lowest BCUT2D eigenvalue weighted by Gasteiger charge is -2.13. The van der Waals surface area contributed by atoms with Crippen molar-refractivity contribution in [2.75, 3.05) is 13.1 Å². The molecular formula is C25H23FN6O. The molecule has 1 unspecified atom stereocenters. The monoisotopic (exact) mass is 442 g/mol. The zero-order valence-electron chi connectivity index (χ0n) is 18.4. The molecule has 0 bridgehead atoms. The van der Waals surface area contributed by atoms with E-state index in [9.17, 15) is 9.18 Å². The molecule has 1 aliphatic heterocycles. The minimum Gasteiger partial charge on any atom is -0.347 e. The first kappa shape index (κ1) is 20.9. The molecule has 4 aromatic rings. The van der Waals surface area contributed by atoms with E-state index in [1.807, 2.05) is 49.1 Å². The minimum absolute atomic E-state index is 0.0142. The summed E-state index contributed by atoms with van der Waals surface area (Å²) in [6, 6.07) is 14.2. The Kier molecular flexibility index (Phi) is 5.19. The van der Waals surface area contributed by atoms with Crippen LogP contribution < -0.4 is 10.6 Å². The van der Waals surface area contributed by atoms with Crippen LogP contribution in [0.4, 0.5) is 4.39 Å². The molecular weight excluding hydrogens is 419 g/mol. The van der Waals surface area contributed by atoms with E-state index in [0.29, 0.717) is 11.3 Å². The number of hydrogen-bond acceptors (Lipinski definition) is 4. The molecule has 1 saturated heterocycles. The van der Waals surface area contributed by atoms with E-state index in [1.165, 1.54) is 12.1 Å². The van der Waals surface area contributed by atoms with Crippen molar-refractivity contribution >= 4 is 16.8 Å². The van der Waals surface area contributed by atoms with Gasteiger partial charge >= 0.3 is 0 Å². The summed E-state index contributed by atoms with van der Waals surface area (Å²) in [7, 11) is 3.71. The van der Waals surface area contributed by atoms with Gasteiger partial charge in [-0.3, -0.25) is 9.48 Å². The lowest BCUT2D eigenvalue weighted by molar-refractivity contribution is 0.0932. The van der Waals surface area contributed by atoms with Crippen molar-refractivity contribution in [3.8, 4) is 28.5 Å². The van der Waals surface area contributed by atoms with E-state index in [0.717, 1.165) is 47.2 Å². The van der Waals surface area contributed by atoms with Gasteiger partial charge in [-0.05, 0) is 54.4 Å². The molecule has 0 aliphatic carbocycles. The number of halogens is 1. The third-order valence-corrected chi connectivity index (χ3v) is 6.15. The van der Waals surface area contributed by atoms with Gasteiger partial charge in [-0.2, -0.15) is 10.4 Å². The van der Waals surface area contributed by atoms with E-state index in [4.69, 9.17) is 5.26 Å². The molecule has 5 rings (SSSR count). The number of aryl methyl sites for hydroxylation is 1. The van der Waals surface area contributed by atoms with Gasteiger partial charge < -0.3 is 15.2 Å². The Hall–Kier alpha value is -3.96. The quantitative estimate of drug-likeness (QED) is 0.507. The number of carbonyl (C=O) groups excluding carboxylic acids is 1. The van der Waals surface area contributed by atoms with Gasteiger partial charge in [-0.25, -0.2) is 4.39 Å². The Balaban J connectivity index is 1.66. The summed E-state index contributed by atoms with van der Waals surface area (Å²) >= 11 is 0. The number of fused-ring (bicyclic) bond motifs is 1. The molecule has 2 aromatic heterocycles. The van der Waals surface area contributed by atoms with Crippen LogP contribution in [0.25, 0.3) is 33.3 Å². The van der Waals surface area contributed by atoms with Crippen LogP contribution in [0.3, 0.4) is 0 Å². The summed E-state index contributed by atoms with van der Waals surface area (Å²) < 4.78 is 18.1. The van der Waals surface area contributed by atoms with Crippen LogP contribution in [0.5, 0.6) is 0 Å². The summed E-state index contributed by atoms with van der Waals surface area (Å²) in [5, 5.41) is 20.9. The molecule has 2 aromatic carbocycles. The van der Waals surface area contributed by atoms with Crippen molar-refractivity contribution in [2.24, 2.45) is 14.1 Å². The zero-order chi connectivity index (χ0) is 23.1. The number of nitrogens with one attached hydrogen (secondary N) is 2. The summed E-state index contributed by atoms with van der Waals surface area (Å²) in [5.74, 6) is -0.759. The van der Waals surface area contributed by atoms with Gasteiger partial charge in [0, 0.05) is 43.8 Å². The van der Waals surface area contributed by atoms with Crippen LogP contribution in [0.1, 0.15) is 22.5 Å². The maximum atomic E-state index is 14.5. The summed E-state index contributed by atoms with van der Waals surface area (Å²) in [6.07, 6.45) is 2.82. The Morgan fingerprint density at radius 2 is 2.03 bits per heavy atom. The Morgan fingerprint density at radius 3 is 2.76 bits per heavy atom. The molecule has 3 heterocycles. The number of benzene rings is 2. The fraction of sp³-hybridized carbons (Fsp3) is 0.240. The van der Waals surface area contributed by atoms with Gasteiger partial charge in [0.05, 0.1) is 16.8 Å². The average molecular weight is 442 g/mol. The highest BCUT2D eigenvalue weighted by molar-refractivity contribution is 5.98. The van der Waals surface area contributed by atoms with Crippen molar-refractivity contribution in [1.82, 2.24) is 25.0 Å². The number of rotatable bonds is 4. The fourth-order valence-corrected chi connectivity index (χ4v) is 4.50. The largest absolute Gasteiger partial charge is 0.347 e. The van der Waals surface area contributed by atoms with Gasteiger partial charge in [0.1, 0.15) is 17.6 Å². The molecule has 166 valence electrons. The highest BCUT2D eigenvalue weighted by atomic mass is 19.1. The molecule has 1 amide bonds. The van der Waals surface area contributed by atoms with Crippen molar-refractivity contribution in [2.45, 2.75) is 12.5 Å². The molecule has 7 nitrogen and oxygen atoms in total. The van der Waals surface area contributed by atoms with Crippen molar-refractivity contribution < 1.29 is 9.18 Å². The van der Waals surface area contributed by atoms with Crippen LogP contribution in [0.2, 0.25) is 0 Å². The fourth-order valence-electron chi connectivity index (χ4n) is 4.50. The van der Waals surface area contributed by atoms with Crippen molar-refractivity contribution in [1.29, 1.82) is 5.26 Å². The Morgan fingerprint density at radius 1 is 1.21 bits per heavy atom. The van der Waals surface area contributed by atoms with E-state index in [2.05, 4.69) is 15.7 Å². The number of nitriles is 1. The SMILES string of the molecule is Cn1cc2cc(-c3c(-c4ccc(C#N)c(F)c4)cc(C(=O)NC4CCNC4)n3C)ccc2n1. The highest BCUT2D eigenvalue weighted by Gasteiger charge is 2.24. The number of amides is 1. The van der Waals surface area contributed by atoms with Gasteiger partial charge in [0.25, 0.3) is 5.91 Å². The summed E-state index contributed by atoms with van der Waals surface area (Å²) in [4.78, 5) is 13.1. The van der Waals surface area contributed by atoms with E-state index in [1.54, 1.807) is 16.8 Å². The topological polar surface area (TPSA) is 87.7 Å². The van der Waals surface area contributed by atoms with E-state index in [-0.39, 0.29) is 17.5 Å². The van der Waals surface area contributed by atoms with Gasteiger partial charge in [-0.15, -0.1) is 0 Å². The molecule has 2 N–H and O–H groups in total. The van der Waals surface area contributed by atoms with Crippen molar-refractivity contribution in [3.63, 3.8) is 0 Å². The first-order valence-corrected chi connectivity index (χ1v) is 10.8. The normalized spacial score (nSPS) is 15.6. The molecule has 8 heteroatoms. The maximum Gasteiger partial charge on any atom is 0.268 e. The average Bonchev–Trinajstić information content (AvgIpc) is 3.51. The summed E-state index contributed by atoms with van der Waals surface area (Å²) in [6.45, 7) is 1.62. The smallest absolute Gasteiger partial charge is 0.268 e. The van der Waals surface area contributed by atoms with E-state index >= 15 is 0 Å². The zero-order valence-corrected chi connectivity index (χ0v) is 18.4. The molecule has 33 heavy (non-hydrogen) atoms. The van der Waals surface area contributed by atoms with Crippen LogP contribution in [0.15, 0.2) is 48.7 Å². The molecule has 0 spiro atoms. The van der Waals surface area contributed by atoms with Gasteiger partial charge in [0.2, 0.25) is 0 Å². The third-order valence-electron chi connectivity index (χ3n) is 6.15. The maximum absolute atomic E-state index is 14.5. The number of nitrogens with zero attached hydrogens (tertiary/aromatic N) is 4. The van der Waals surface area contributed by atoms with Gasteiger partial charge in [-0.1, -0.05) is 12.1 Å². The molecule has 0 radical (unpaired) electrons. The number of hydrogen-bond donors (Lipinski definition) is 2. The molecule has 1 fully saturated rings. The first-order chi connectivity index (χ1) is 15.9. The molecule has 0 saturated carbocycles. The third kappa shape index (κ3) is 3.77. The number of carbonyl (C=O) groups is 1. The van der Waals surface area contributed by atoms with Crippen LogP contribution in [0, 0.1) is 17.1 Å². The summed E-state index contributed by atoms with van der Waals surface area (Å²) in [5.41, 5.74) is 4.35. The van der Waals surface area contributed by atoms with Crippen LogP contribution >= 0.6 is 0 Å². The molecule has 1 aliphatic rings. The van der Waals surface area contributed by atoms with Crippen LogP contribution in [-0.2, 0) is 14.1 Å². The predicted molar refractivity (Wildman–Crippen MR) is 124 cm³/mol. The minimum atomic E-state index is -0.587. The standard InChI is InChI=1S/C25H23FN6O/c1-31-14-18-9-16(5-6-22(18)30-31)24-20(15-3-4-17(12-27)21(26)10-15)11-23(32(24)2)25(33)29-19-7-8-28-13-19/h3-6,9-11,14,19,28H,7-8,13H2,1-2H3,(H,29,33). The van der Waals surface area contributed by atoms with E-state index < -0.39 is 5.82 Å². The second-order valence-electron chi connectivity index (χ2n) is 8.40. The van der Waals surface area contributed by atoms with Crippen molar-refractivity contribution in [3.05, 3.63) is 65.7 Å². The predicted octanol–water partition coefficient (Wildman–Crippen LogP) is 3.35. The first-order valence-electron chi connectivity index (χ1n) is 10.8. The Labute approximate surface area is 190 Å². The van der Waals surface area contributed by atoms with Crippen LogP contribution in [-0.4, -0.2) is 39.4 Å². The number of aromatic nitrogens is 3. The second kappa shape index (κ2) is 8.19. The Bertz CT molecular complexity index is 1420. The van der Waals surface area contributed by atoms with Gasteiger partial charge in [0.15, 0.2) is 0 Å².